The third-order valence-corrected chi connectivity index (χ3v) is 6.39. The first-order chi connectivity index (χ1) is 17.0. The number of anilines is 1. The summed E-state index contributed by atoms with van der Waals surface area (Å²) in [6.07, 6.45) is 1.68. The maximum atomic E-state index is 13.0. The van der Waals surface area contributed by atoms with Crippen molar-refractivity contribution in [3.63, 3.8) is 0 Å². The van der Waals surface area contributed by atoms with Crippen LogP contribution < -0.4 is 9.64 Å². The lowest BCUT2D eigenvalue weighted by atomic mass is 10.1. The number of aliphatic hydroxyl groups excluding tert-OH is 1. The number of rotatable bonds is 10. The molecule has 0 aliphatic carbocycles. The van der Waals surface area contributed by atoms with E-state index in [1.807, 2.05) is 72.8 Å². The zero-order valence-electron chi connectivity index (χ0n) is 19.5. The van der Waals surface area contributed by atoms with Crippen LogP contribution in [0.15, 0.2) is 72.8 Å². The third-order valence-electron chi connectivity index (χ3n) is 6.02. The SMILES string of the molecule is O=C(Cc1ccc(N2CCCC2=O)cc1)N(CCO)Cc1cccc(OCc2ccccc2Cl)c1. The summed E-state index contributed by atoms with van der Waals surface area (Å²) < 4.78 is 5.91. The molecule has 35 heavy (non-hydrogen) atoms. The Kier molecular flexibility index (Phi) is 8.40. The molecule has 2 amide bonds. The number of aliphatic hydroxyl groups is 1. The van der Waals surface area contributed by atoms with E-state index in [0.29, 0.717) is 30.3 Å². The first-order valence-corrected chi connectivity index (χ1v) is 12.1. The van der Waals surface area contributed by atoms with E-state index in [2.05, 4.69) is 0 Å². The van der Waals surface area contributed by atoms with Crippen LogP contribution in [-0.2, 0) is 29.2 Å². The Balaban J connectivity index is 1.37. The van der Waals surface area contributed by atoms with Crippen LogP contribution in [0.4, 0.5) is 5.69 Å². The van der Waals surface area contributed by atoms with Crippen molar-refractivity contribution in [2.75, 3.05) is 24.6 Å². The quantitative estimate of drug-likeness (QED) is 0.448. The van der Waals surface area contributed by atoms with Crippen molar-refractivity contribution < 1.29 is 19.4 Å². The van der Waals surface area contributed by atoms with Crippen molar-refractivity contribution in [3.05, 3.63) is 94.5 Å². The molecule has 4 rings (SSSR count). The van der Waals surface area contributed by atoms with Crippen LogP contribution in [0.25, 0.3) is 0 Å². The normalized spacial score (nSPS) is 13.2. The molecule has 1 aliphatic rings. The highest BCUT2D eigenvalue weighted by Crippen LogP contribution is 2.23. The Morgan fingerprint density at radius 1 is 1.03 bits per heavy atom. The van der Waals surface area contributed by atoms with E-state index in [0.717, 1.165) is 35.3 Å². The Hall–Kier alpha value is -3.35. The molecule has 182 valence electrons. The highest BCUT2D eigenvalue weighted by atomic mass is 35.5. The first kappa shape index (κ1) is 24.8. The van der Waals surface area contributed by atoms with Gasteiger partial charge < -0.3 is 19.6 Å². The van der Waals surface area contributed by atoms with E-state index < -0.39 is 0 Å². The summed E-state index contributed by atoms with van der Waals surface area (Å²) in [5.41, 5.74) is 3.54. The molecule has 1 heterocycles. The fraction of sp³-hybridized carbons (Fsp3) is 0.286. The predicted molar refractivity (Wildman–Crippen MR) is 136 cm³/mol. The van der Waals surface area contributed by atoms with Gasteiger partial charge in [-0.3, -0.25) is 9.59 Å². The molecule has 1 aliphatic heterocycles. The highest BCUT2D eigenvalue weighted by molar-refractivity contribution is 6.31. The second-order valence-corrected chi connectivity index (χ2v) is 8.97. The molecule has 0 spiro atoms. The summed E-state index contributed by atoms with van der Waals surface area (Å²) in [6.45, 7) is 1.57. The van der Waals surface area contributed by atoms with Crippen molar-refractivity contribution in [1.82, 2.24) is 4.90 Å². The molecule has 1 saturated heterocycles. The number of amides is 2. The molecule has 0 atom stereocenters. The zero-order valence-corrected chi connectivity index (χ0v) is 20.3. The van der Waals surface area contributed by atoms with Gasteiger partial charge >= 0.3 is 0 Å². The second kappa shape index (κ2) is 11.9. The summed E-state index contributed by atoms with van der Waals surface area (Å²) >= 11 is 6.21. The standard InChI is InChI=1S/C28H29ClN2O4/c29-26-8-2-1-6-23(26)20-35-25-7-3-5-22(17-25)19-30(15-16-32)28(34)18-21-10-12-24(13-11-21)31-14-4-9-27(31)33/h1-3,5-8,10-13,17,32H,4,9,14-16,18-20H2. The molecule has 6 nitrogen and oxygen atoms in total. The molecule has 3 aromatic rings. The minimum Gasteiger partial charge on any atom is -0.489 e. The molecular formula is C28H29ClN2O4. The molecule has 1 N–H and O–H groups in total. The maximum absolute atomic E-state index is 13.0. The molecule has 0 radical (unpaired) electrons. The number of halogens is 1. The number of ether oxygens (including phenoxy) is 1. The van der Waals surface area contributed by atoms with Crippen molar-refractivity contribution >= 4 is 29.1 Å². The summed E-state index contributed by atoms with van der Waals surface area (Å²) in [4.78, 5) is 28.4. The van der Waals surface area contributed by atoms with Crippen LogP contribution in [0.3, 0.4) is 0 Å². The van der Waals surface area contributed by atoms with E-state index in [1.54, 1.807) is 9.80 Å². The Morgan fingerprint density at radius 3 is 2.54 bits per heavy atom. The largest absolute Gasteiger partial charge is 0.489 e. The topological polar surface area (TPSA) is 70.1 Å². The van der Waals surface area contributed by atoms with Crippen LogP contribution in [0.2, 0.25) is 5.02 Å². The number of carbonyl (C=O) groups is 2. The molecule has 0 bridgehead atoms. The van der Waals surface area contributed by atoms with Gasteiger partial charge in [-0.05, 0) is 47.9 Å². The smallest absolute Gasteiger partial charge is 0.227 e. The highest BCUT2D eigenvalue weighted by Gasteiger charge is 2.21. The molecule has 7 heteroatoms. The van der Waals surface area contributed by atoms with Gasteiger partial charge in [0.1, 0.15) is 12.4 Å². The summed E-state index contributed by atoms with van der Waals surface area (Å²) in [5.74, 6) is 0.748. The number of benzene rings is 3. The van der Waals surface area contributed by atoms with Crippen LogP contribution in [-0.4, -0.2) is 41.5 Å². The molecule has 0 unspecified atom stereocenters. The molecule has 0 saturated carbocycles. The molecular weight excluding hydrogens is 464 g/mol. The van der Waals surface area contributed by atoms with E-state index in [4.69, 9.17) is 16.3 Å². The lowest BCUT2D eigenvalue weighted by molar-refractivity contribution is -0.131. The summed E-state index contributed by atoms with van der Waals surface area (Å²) in [6, 6.07) is 22.7. The van der Waals surface area contributed by atoms with Crippen molar-refractivity contribution in [1.29, 1.82) is 0 Å². The fourth-order valence-electron chi connectivity index (χ4n) is 4.14. The van der Waals surface area contributed by atoms with Gasteiger partial charge in [0, 0.05) is 42.3 Å². The molecule has 1 fully saturated rings. The van der Waals surface area contributed by atoms with Gasteiger partial charge in [-0.15, -0.1) is 0 Å². The van der Waals surface area contributed by atoms with Gasteiger partial charge in [-0.2, -0.15) is 0 Å². The van der Waals surface area contributed by atoms with Crippen LogP contribution in [0.1, 0.15) is 29.5 Å². The average molecular weight is 493 g/mol. The van der Waals surface area contributed by atoms with E-state index >= 15 is 0 Å². The van der Waals surface area contributed by atoms with E-state index in [1.165, 1.54) is 0 Å². The monoisotopic (exact) mass is 492 g/mol. The zero-order chi connectivity index (χ0) is 24.6. The minimum atomic E-state index is -0.121. The van der Waals surface area contributed by atoms with E-state index in [-0.39, 0.29) is 31.4 Å². The Labute approximate surface area is 210 Å². The van der Waals surface area contributed by atoms with Gasteiger partial charge in [0.15, 0.2) is 0 Å². The number of nitrogens with zero attached hydrogens (tertiary/aromatic N) is 2. The van der Waals surface area contributed by atoms with Crippen molar-refractivity contribution in [3.8, 4) is 5.75 Å². The van der Waals surface area contributed by atoms with Gasteiger partial charge in [0.25, 0.3) is 0 Å². The predicted octanol–water partition coefficient (Wildman–Crippen LogP) is 4.61. The lowest BCUT2D eigenvalue weighted by Gasteiger charge is -2.23. The number of carbonyl (C=O) groups excluding carboxylic acids is 2. The van der Waals surface area contributed by atoms with Gasteiger partial charge in [-0.1, -0.05) is 54.1 Å². The Morgan fingerprint density at radius 2 is 1.83 bits per heavy atom. The van der Waals surface area contributed by atoms with Crippen molar-refractivity contribution in [2.45, 2.75) is 32.4 Å². The average Bonchev–Trinajstić information content (AvgIpc) is 3.30. The van der Waals surface area contributed by atoms with Crippen LogP contribution >= 0.6 is 11.6 Å². The lowest BCUT2D eigenvalue weighted by Crippen LogP contribution is -2.34. The molecule has 0 aromatic heterocycles. The van der Waals surface area contributed by atoms with Crippen molar-refractivity contribution in [2.24, 2.45) is 0 Å². The number of hydrogen-bond donors (Lipinski definition) is 1. The minimum absolute atomic E-state index is 0.0774. The fourth-order valence-corrected chi connectivity index (χ4v) is 4.33. The summed E-state index contributed by atoms with van der Waals surface area (Å²) in [5, 5.41) is 10.2. The molecule has 3 aromatic carbocycles. The first-order valence-electron chi connectivity index (χ1n) is 11.8. The van der Waals surface area contributed by atoms with Gasteiger partial charge in [-0.25, -0.2) is 0 Å². The van der Waals surface area contributed by atoms with Gasteiger partial charge in [0.2, 0.25) is 11.8 Å². The van der Waals surface area contributed by atoms with E-state index in [9.17, 15) is 14.7 Å². The van der Waals surface area contributed by atoms with Gasteiger partial charge in [0.05, 0.1) is 13.0 Å². The summed E-state index contributed by atoms with van der Waals surface area (Å²) in [7, 11) is 0. The number of hydrogen-bond acceptors (Lipinski definition) is 4. The van der Waals surface area contributed by atoms with Crippen LogP contribution in [0, 0.1) is 0 Å². The Bertz CT molecular complexity index is 1170. The van der Waals surface area contributed by atoms with Crippen LogP contribution in [0.5, 0.6) is 5.75 Å². The second-order valence-electron chi connectivity index (χ2n) is 8.56. The third kappa shape index (κ3) is 6.62. The maximum Gasteiger partial charge on any atom is 0.227 e.